The summed E-state index contributed by atoms with van der Waals surface area (Å²) >= 11 is 6.34. The molecule has 0 aromatic heterocycles. The third-order valence-electron chi connectivity index (χ3n) is 3.69. The van der Waals surface area contributed by atoms with Crippen LogP contribution in [-0.2, 0) is 0 Å². The van der Waals surface area contributed by atoms with E-state index in [1.807, 2.05) is 12.1 Å². The predicted octanol–water partition coefficient (Wildman–Crippen LogP) is 2.21. The number of nitrogens with zero attached hydrogens (tertiary/aromatic N) is 3. The van der Waals surface area contributed by atoms with Gasteiger partial charge in [0, 0.05) is 38.3 Å². The standard InChI is InChI=1S/C15H23ClN4O/c1-11(2)10-19-5-7-20(8-6-19)14-4-3-12(9-13(14)16)15(17)18-21/h3-4,9,11,21H,5-8,10H2,1-2H3,(H2,17,18). The number of anilines is 1. The van der Waals surface area contributed by atoms with E-state index in [0.29, 0.717) is 16.5 Å². The molecule has 1 aliphatic rings. The molecule has 0 saturated carbocycles. The van der Waals surface area contributed by atoms with Gasteiger partial charge in [0.2, 0.25) is 0 Å². The smallest absolute Gasteiger partial charge is 0.170 e. The zero-order valence-corrected chi connectivity index (χ0v) is 13.3. The van der Waals surface area contributed by atoms with Gasteiger partial charge in [0.25, 0.3) is 0 Å². The van der Waals surface area contributed by atoms with Crippen molar-refractivity contribution >= 4 is 23.1 Å². The van der Waals surface area contributed by atoms with Crippen molar-refractivity contribution in [2.45, 2.75) is 13.8 Å². The fourth-order valence-corrected chi connectivity index (χ4v) is 2.97. The van der Waals surface area contributed by atoms with E-state index in [1.165, 1.54) is 0 Å². The summed E-state index contributed by atoms with van der Waals surface area (Å²) in [6.45, 7) is 9.67. The van der Waals surface area contributed by atoms with Crippen molar-refractivity contribution in [3.05, 3.63) is 28.8 Å². The normalized spacial score (nSPS) is 17.5. The fraction of sp³-hybridized carbons (Fsp3) is 0.533. The highest BCUT2D eigenvalue weighted by Gasteiger charge is 2.19. The number of rotatable bonds is 4. The molecule has 1 fully saturated rings. The SMILES string of the molecule is CC(C)CN1CCN(c2ccc(C(N)=NO)cc2Cl)CC1. The van der Waals surface area contributed by atoms with Gasteiger partial charge in [-0.1, -0.05) is 30.6 Å². The van der Waals surface area contributed by atoms with Crippen molar-refractivity contribution in [3.63, 3.8) is 0 Å². The molecule has 1 aromatic carbocycles. The molecule has 0 aliphatic carbocycles. The van der Waals surface area contributed by atoms with Crippen molar-refractivity contribution in [3.8, 4) is 0 Å². The second-order valence-corrected chi connectivity index (χ2v) is 6.24. The molecule has 5 nitrogen and oxygen atoms in total. The molecule has 1 aromatic rings. The predicted molar refractivity (Wildman–Crippen MR) is 87.5 cm³/mol. The maximum atomic E-state index is 8.70. The lowest BCUT2D eigenvalue weighted by molar-refractivity contribution is 0.231. The van der Waals surface area contributed by atoms with Gasteiger partial charge in [-0.25, -0.2) is 0 Å². The highest BCUT2D eigenvalue weighted by Crippen LogP contribution is 2.28. The number of benzene rings is 1. The summed E-state index contributed by atoms with van der Waals surface area (Å²) in [4.78, 5) is 4.77. The Labute approximate surface area is 131 Å². The lowest BCUT2D eigenvalue weighted by Crippen LogP contribution is -2.47. The molecule has 1 heterocycles. The summed E-state index contributed by atoms with van der Waals surface area (Å²) in [6, 6.07) is 5.51. The molecule has 21 heavy (non-hydrogen) atoms. The Bertz CT molecular complexity index is 510. The van der Waals surface area contributed by atoms with Gasteiger partial charge in [0.15, 0.2) is 5.84 Å². The number of hydrogen-bond donors (Lipinski definition) is 2. The maximum Gasteiger partial charge on any atom is 0.170 e. The highest BCUT2D eigenvalue weighted by molar-refractivity contribution is 6.33. The average Bonchev–Trinajstić information content (AvgIpc) is 2.47. The summed E-state index contributed by atoms with van der Waals surface area (Å²) in [6.07, 6.45) is 0. The zero-order chi connectivity index (χ0) is 15.4. The quantitative estimate of drug-likeness (QED) is 0.387. The van der Waals surface area contributed by atoms with Crippen LogP contribution in [0.3, 0.4) is 0 Å². The molecule has 0 bridgehead atoms. The summed E-state index contributed by atoms with van der Waals surface area (Å²) in [5.41, 5.74) is 7.22. The van der Waals surface area contributed by atoms with Crippen molar-refractivity contribution in [1.82, 2.24) is 4.90 Å². The maximum absolute atomic E-state index is 8.70. The van der Waals surface area contributed by atoms with Crippen LogP contribution in [0.2, 0.25) is 5.02 Å². The number of amidine groups is 1. The summed E-state index contributed by atoms with van der Waals surface area (Å²) in [5.74, 6) is 0.769. The van der Waals surface area contributed by atoms with Crippen molar-refractivity contribution < 1.29 is 5.21 Å². The van der Waals surface area contributed by atoms with Crippen LogP contribution in [0.25, 0.3) is 0 Å². The van der Waals surface area contributed by atoms with Crippen LogP contribution in [0, 0.1) is 5.92 Å². The van der Waals surface area contributed by atoms with Crippen molar-refractivity contribution in [1.29, 1.82) is 0 Å². The molecule has 6 heteroatoms. The Balaban J connectivity index is 2.04. The molecule has 1 aliphatic heterocycles. The Morgan fingerprint density at radius 2 is 2.00 bits per heavy atom. The zero-order valence-electron chi connectivity index (χ0n) is 12.6. The molecular weight excluding hydrogens is 288 g/mol. The van der Waals surface area contributed by atoms with E-state index in [2.05, 4.69) is 28.8 Å². The first-order chi connectivity index (χ1) is 10.0. The molecule has 1 saturated heterocycles. The van der Waals surface area contributed by atoms with Gasteiger partial charge < -0.3 is 15.8 Å². The van der Waals surface area contributed by atoms with Gasteiger partial charge in [-0.15, -0.1) is 0 Å². The molecule has 0 spiro atoms. The Kier molecular flexibility index (Phi) is 5.31. The number of nitrogens with two attached hydrogens (primary N) is 1. The Hall–Kier alpha value is -1.46. The van der Waals surface area contributed by atoms with Gasteiger partial charge in [0.1, 0.15) is 0 Å². The van der Waals surface area contributed by atoms with E-state index in [4.69, 9.17) is 22.5 Å². The van der Waals surface area contributed by atoms with Gasteiger partial charge in [-0.05, 0) is 24.1 Å². The van der Waals surface area contributed by atoms with Crippen LogP contribution in [0.5, 0.6) is 0 Å². The van der Waals surface area contributed by atoms with Crippen molar-refractivity contribution in [2.24, 2.45) is 16.8 Å². The molecule has 0 atom stereocenters. The minimum atomic E-state index is 0.0743. The minimum absolute atomic E-state index is 0.0743. The topological polar surface area (TPSA) is 65.1 Å². The number of piperazine rings is 1. The molecule has 2 rings (SSSR count). The summed E-state index contributed by atoms with van der Waals surface area (Å²) in [5, 5.41) is 12.3. The van der Waals surface area contributed by atoms with Crippen LogP contribution in [-0.4, -0.2) is 48.7 Å². The van der Waals surface area contributed by atoms with Crippen LogP contribution < -0.4 is 10.6 Å². The number of hydrogen-bond acceptors (Lipinski definition) is 4. The fourth-order valence-electron chi connectivity index (χ4n) is 2.67. The van der Waals surface area contributed by atoms with E-state index < -0.39 is 0 Å². The van der Waals surface area contributed by atoms with Crippen LogP contribution >= 0.6 is 11.6 Å². The van der Waals surface area contributed by atoms with E-state index in [1.54, 1.807) is 6.07 Å². The largest absolute Gasteiger partial charge is 0.409 e. The van der Waals surface area contributed by atoms with Crippen molar-refractivity contribution in [2.75, 3.05) is 37.6 Å². The van der Waals surface area contributed by atoms with E-state index in [-0.39, 0.29) is 5.84 Å². The van der Waals surface area contributed by atoms with Crippen LogP contribution in [0.1, 0.15) is 19.4 Å². The highest BCUT2D eigenvalue weighted by atomic mass is 35.5. The Morgan fingerprint density at radius 3 is 2.52 bits per heavy atom. The molecule has 0 unspecified atom stereocenters. The van der Waals surface area contributed by atoms with Crippen LogP contribution in [0.15, 0.2) is 23.4 Å². The number of oxime groups is 1. The lowest BCUT2D eigenvalue weighted by atomic mass is 10.1. The first-order valence-corrected chi connectivity index (χ1v) is 7.63. The van der Waals surface area contributed by atoms with E-state index in [0.717, 1.165) is 38.4 Å². The second kappa shape index (κ2) is 7.00. The monoisotopic (exact) mass is 310 g/mol. The van der Waals surface area contributed by atoms with Gasteiger partial charge >= 0.3 is 0 Å². The second-order valence-electron chi connectivity index (χ2n) is 5.83. The third kappa shape index (κ3) is 4.02. The minimum Gasteiger partial charge on any atom is -0.409 e. The van der Waals surface area contributed by atoms with Crippen LogP contribution in [0.4, 0.5) is 5.69 Å². The Morgan fingerprint density at radius 1 is 1.33 bits per heavy atom. The third-order valence-corrected chi connectivity index (χ3v) is 3.99. The molecule has 0 amide bonds. The van der Waals surface area contributed by atoms with Gasteiger partial charge in [-0.2, -0.15) is 0 Å². The van der Waals surface area contributed by atoms with Gasteiger partial charge in [0.05, 0.1) is 10.7 Å². The summed E-state index contributed by atoms with van der Waals surface area (Å²) in [7, 11) is 0. The average molecular weight is 311 g/mol. The number of halogens is 1. The van der Waals surface area contributed by atoms with Gasteiger partial charge in [-0.3, -0.25) is 4.90 Å². The molecule has 0 radical (unpaired) electrons. The van der Waals surface area contributed by atoms with E-state index >= 15 is 0 Å². The lowest BCUT2D eigenvalue weighted by Gasteiger charge is -2.37. The molecule has 116 valence electrons. The molecular formula is C15H23ClN4O. The summed E-state index contributed by atoms with van der Waals surface area (Å²) < 4.78 is 0. The molecule has 3 N–H and O–H groups in total. The first-order valence-electron chi connectivity index (χ1n) is 7.26. The first kappa shape index (κ1) is 15.9. The van der Waals surface area contributed by atoms with E-state index in [9.17, 15) is 0 Å².